The average Bonchev–Trinajstić information content (AvgIpc) is 2.92. The highest BCUT2D eigenvalue weighted by atomic mass is 32.2. The molecule has 0 fully saturated rings. The van der Waals surface area contributed by atoms with E-state index in [1.54, 1.807) is 0 Å². The van der Waals surface area contributed by atoms with Gasteiger partial charge >= 0.3 is 0 Å². The van der Waals surface area contributed by atoms with Gasteiger partial charge in [0.05, 0.1) is 35.4 Å². The van der Waals surface area contributed by atoms with Crippen LogP contribution in [0.4, 0.5) is 11.4 Å². The molecule has 0 spiro atoms. The van der Waals surface area contributed by atoms with Gasteiger partial charge < -0.3 is 20.1 Å². The molecule has 0 radical (unpaired) electrons. The summed E-state index contributed by atoms with van der Waals surface area (Å²) in [5.74, 6) is -2.35. The van der Waals surface area contributed by atoms with Gasteiger partial charge in [0.1, 0.15) is 17.4 Å². The van der Waals surface area contributed by atoms with Crippen LogP contribution in [-0.4, -0.2) is 56.0 Å². The molecular weight excluding hydrogens is 560 g/mol. The topological polar surface area (TPSA) is 169 Å². The van der Waals surface area contributed by atoms with Crippen molar-refractivity contribution in [3.8, 4) is 11.5 Å². The number of nitrogens with one attached hydrogen (secondary N) is 4. The van der Waals surface area contributed by atoms with Crippen molar-refractivity contribution in [1.29, 1.82) is 0 Å². The van der Waals surface area contributed by atoms with Gasteiger partial charge in [0.2, 0.25) is 31.9 Å². The molecule has 0 aliphatic rings. The summed E-state index contributed by atoms with van der Waals surface area (Å²) in [4.78, 5) is 25.8. The number of carbonyl (C=O) groups is 2. The van der Waals surface area contributed by atoms with Crippen LogP contribution in [0.2, 0.25) is 0 Å². The quantitative estimate of drug-likeness (QED) is 0.169. The van der Waals surface area contributed by atoms with Crippen molar-refractivity contribution in [2.75, 3.05) is 37.9 Å². The van der Waals surface area contributed by atoms with Gasteiger partial charge in [-0.25, -0.2) is 26.3 Å². The molecule has 0 saturated carbocycles. The van der Waals surface area contributed by atoms with E-state index in [1.165, 1.54) is 57.5 Å². The standard InChI is InChI=1S/C26H38N4O8S2/c1-6-8-14-27-39(33,34)19-10-12-23(37-4)21(16-19)29-25(31)18(3)26(32)30-22-17-20(11-13-24(22)38-5)40(35,36)28-15-9-7-2/h10-13,16-18,27-28H,6-9,14-15H2,1-5H3,(H,29,31)(H,30,32). The summed E-state index contributed by atoms with van der Waals surface area (Å²) in [6.07, 6.45) is 2.96. The smallest absolute Gasteiger partial charge is 0.240 e. The lowest BCUT2D eigenvalue weighted by Gasteiger charge is -2.17. The summed E-state index contributed by atoms with van der Waals surface area (Å²) in [7, 11) is -4.94. The zero-order valence-electron chi connectivity index (χ0n) is 23.4. The zero-order valence-corrected chi connectivity index (χ0v) is 25.0. The first-order valence-corrected chi connectivity index (χ1v) is 15.8. The number of amides is 2. The molecule has 40 heavy (non-hydrogen) atoms. The highest BCUT2D eigenvalue weighted by Gasteiger charge is 2.26. The number of carbonyl (C=O) groups excluding carboxylic acids is 2. The molecule has 0 unspecified atom stereocenters. The Kier molecular flexibility index (Phi) is 12.4. The molecule has 4 N–H and O–H groups in total. The first kappa shape index (κ1) is 33.0. The Bertz CT molecular complexity index is 1290. The summed E-state index contributed by atoms with van der Waals surface area (Å²) < 4.78 is 66.0. The van der Waals surface area contributed by atoms with E-state index >= 15 is 0 Å². The van der Waals surface area contributed by atoms with Crippen LogP contribution in [0.25, 0.3) is 0 Å². The summed E-state index contributed by atoms with van der Waals surface area (Å²) >= 11 is 0. The molecule has 0 bridgehead atoms. The number of sulfonamides is 2. The Balaban J connectivity index is 2.23. The Labute approximate surface area is 236 Å². The first-order valence-electron chi connectivity index (χ1n) is 12.9. The first-order chi connectivity index (χ1) is 18.9. The second-order valence-electron chi connectivity index (χ2n) is 8.93. The van der Waals surface area contributed by atoms with Crippen molar-refractivity contribution in [1.82, 2.24) is 9.44 Å². The van der Waals surface area contributed by atoms with Crippen LogP contribution in [0.1, 0.15) is 46.5 Å². The Hall–Kier alpha value is -3.20. The number of unbranched alkanes of at least 4 members (excludes halogenated alkanes) is 2. The monoisotopic (exact) mass is 598 g/mol. The lowest BCUT2D eigenvalue weighted by molar-refractivity contribution is -0.128. The van der Waals surface area contributed by atoms with E-state index in [9.17, 15) is 26.4 Å². The van der Waals surface area contributed by atoms with Gasteiger partial charge in [0.15, 0.2) is 0 Å². The Morgan fingerprint density at radius 2 is 1.10 bits per heavy atom. The Morgan fingerprint density at radius 3 is 1.43 bits per heavy atom. The second kappa shape index (κ2) is 15.0. The van der Waals surface area contributed by atoms with E-state index in [0.717, 1.165) is 12.8 Å². The van der Waals surface area contributed by atoms with Crippen LogP contribution in [0.3, 0.4) is 0 Å². The highest BCUT2D eigenvalue weighted by Crippen LogP contribution is 2.30. The molecule has 2 aromatic rings. The molecule has 12 nitrogen and oxygen atoms in total. The summed E-state index contributed by atoms with van der Waals surface area (Å²) in [6.45, 7) is 5.76. The lowest BCUT2D eigenvalue weighted by atomic mass is 10.1. The molecule has 0 atom stereocenters. The molecule has 0 saturated heterocycles. The van der Waals surface area contributed by atoms with Crippen molar-refractivity contribution < 1.29 is 35.9 Å². The molecule has 0 aromatic heterocycles. The fourth-order valence-corrected chi connectivity index (χ4v) is 5.64. The van der Waals surface area contributed by atoms with Crippen molar-refractivity contribution >= 4 is 43.2 Å². The number of hydrogen-bond acceptors (Lipinski definition) is 8. The minimum atomic E-state index is -3.83. The molecule has 0 aliphatic carbocycles. The second-order valence-corrected chi connectivity index (χ2v) is 12.5. The lowest BCUT2D eigenvalue weighted by Crippen LogP contribution is -2.32. The van der Waals surface area contributed by atoms with Gasteiger partial charge in [0.25, 0.3) is 0 Å². The number of benzene rings is 2. The molecular formula is C26H38N4O8S2. The SMILES string of the molecule is CCCCNS(=O)(=O)c1ccc(OC)c(NC(=O)C(C)C(=O)Nc2cc(S(=O)(=O)NCCCC)ccc2OC)c1. The van der Waals surface area contributed by atoms with Crippen molar-refractivity contribution in [2.45, 2.75) is 56.2 Å². The number of methoxy groups -OCH3 is 2. The maximum absolute atomic E-state index is 13.0. The van der Waals surface area contributed by atoms with Crippen LogP contribution >= 0.6 is 0 Å². The number of ether oxygens (including phenoxy) is 2. The van der Waals surface area contributed by atoms with E-state index in [0.29, 0.717) is 12.8 Å². The van der Waals surface area contributed by atoms with Crippen LogP contribution in [-0.2, 0) is 29.6 Å². The van der Waals surface area contributed by atoms with Crippen LogP contribution in [0.5, 0.6) is 11.5 Å². The molecule has 2 amide bonds. The summed E-state index contributed by atoms with van der Waals surface area (Å²) in [6, 6.07) is 8.00. The maximum atomic E-state index is 13.0. The number of rotatable bonds is 16. The zero-order chi connectivity index (χ0) is 29.9. The average molecular weight is 599 g/mol. The van der Waals surface area contributed by atoms with E-state index in [-0.39, 0.29) is 45.8 Å². The number of anilines is 2. The summed E-state index contributed by atoms with van der Waals surface area (Å²) in [5, 5.41) is 5.09. The minimum Gasteiger partial charge on any atom is -0.495 e. The van der Waals surface area contributed by atoms with Gasteiger partial charge in [-0.1, -0.05) is 26.7 Å². The van der Waals surface area contributed by atoms with Crippen LogP contribution < -0.4 is 29.6 Å². The minimum absolute atomic E-state index is 0.0642. The summed E-state index contributed by atoms with van der Waals surface area (Å²) in [5.41, 5.74) is 0.128. The van der Waals surface area contributed by atoms with Gasteiger partial charge in [-0.05, 0) is 56.2 Å². The predicted octanol–water partition coefficient (Wildman–Crippen LogP) is 3.07. The van der Waals surface area contributed by atoms with E-state index in [4.69, 9.17) is 9.47 Å². The number of hydrogen-bond donors (Lipinski definition) is 4. The van der Waals surface area contributed by atoms with Crippen molar-refractivity contribution in [3.63, 3.8) is 0 Å². The predicted molar refractivity (Wildman–Crippen MR) is 153 cm³/mol. The molecule has 2 rings (SSSR count). The molecule has 0 aliphatic heterocycles. The fourth-order valence-electron chi connectivity index (χ4n) is 3.44. The van der Waals surface area contributed by atoms with Crippen molar-refractivity contribution in [3.05, 3.63) is 36.4 Å². The Morgan fingerprint density at radius 1 is 0.725 bits per heavy atom. The molecule has 2 aromatic carbocycles. The van der Waals surface area contributed by atoms with E-state index in [2.05, 4.69) is 20.1 Å². The third-order valence-corrected chi connectivity index (χ3v) is 8.83. The van der Waals surface area contributed by atoms with Gasteiger partial charge in [-0.15, -0.1) is 0 Å². The van der Waals surface area contributed by atoms with Gasteiger partial charge in [-0.2, -0.15) is 0 Å². The highest BCUT2D eigenvalue weighted by molar-refractivity contribution is 7.89. The molecule has 0 heterocycles. The van der Waals surface area contributed by atoms with Gasteiger partial charge in [-0.3, -0.25) is 9.59 Å². The molecule has 14 heteroatoms. The van der Waals surface area contributed by atoms with Crippen molar-refractivity contribution in [2.24, 2.45) is 5.92 Å². The fraction of sp³-hybridized carbons (Fsp3) is 0.462. The maximum Gasteiger partial charge on any atom is 0.240 e. The largest absolute Gasteiger partial charge is 0.495 e. The van der Waals surface area contributed by atoms with E-state index in [1.807, 2.05) is 13.8 Å². The van der Waals surface area contributed by atoms with Crippen LogP contribution in [0.15, 0.2) is 46.2 Å². The molecule has 222 valence electrons. The van der Waals surface area contributed by atoms with E-state index < -0.39 is 37.8 Å². The van der Waals surface area contributed by atoms with Gasteiger partial charge in [0, 0.05) is 13.1 Å². The third-order valence-electron chi connectivity index (χ3n) is 5.91. The normalized spacial score (nSPS) is 11.8. The van der Waals surface area contributed by atoms with Crippen LogP contribution in [0, 0.1) is 5.92 Å². The third kappa shape index (κ3) is 8.91.